The standard InChI is InChI=1S/C3H9NO2S/c1-3(4)2-7(5)6/h3,7H,2,4H2,1H3. The van der Waals surface area contributed by atoms with Crippen LogP contribution in [0, 0.1) is 0 Å². The zero-order valence-corrected chi connectivity index (χ0v) is 5.02. The van der Waals surface area contributed by atoms with Gasteiger partial charge in [-0.2, -0.15) is 0 Å². The van der Waals surface area contributed by atoms with Crippen LogP contribution in [0.15, 0.2) is 0 Å². The molecule has 3 nitrogen and oxygen atoms in total. The number of thiol groups is 1. The fourth-order valence-corrected chi connectivity index (χ4v) is 0.705. The molecule has 0 saturated carbocycles. The third-order valence-corrected chi connectivity index (χ3v) is 1.31. The first-order chi connectivity index (χ1) is 3.13. The number of hydrogen-bond acceptors (Lipinski definition) is 3. The predicted octanol–water partition coefficient (Wildman–Crippen LogP) is -1.05. The van der Waals surface area contributed by atoms with Gasteiger partial charge < -0.3 is 5.73 Å². The van der Waals surface area contributed by atoms with E-state index < -0.39 is 10.7 Å². The maximum atomic E-state index is 9.77. The zero-order chi connectivity index (χ0) is 5.86. The molecule has 0 bridgehead atoms. The van der Waals surface area contributed by atoms with E-state index in [1.807, 2.05) is 0 Å². The Bertz CT molecular complexity index is 99.5. The van der Waals surface area contributed by atoms with Crippen molar-refractivity contribution in [2.75, 3.05) is 5.75 Å². The van der Waals surface area contributed by atoms with Gasteiger partial charge in [0.05, 0.1) is 5.75 Å². The lowest BCUT2D eigenvalue weighted by atomic mass is 10.4. The van der Waals surface area contributed by atoms with Gasteiger partial charge in [0.2, 0.25) is 0 Å². The molecule has 44 valence electrons. The van der Waals surface area contributed by atoms with Crippen molar-refractivity contribution in [3.63, 3.8) is 0 Å². The smallest absolute Gasteiger partial charge is 0.141 e. The second-order valence-corrected chi connectivity index (χ2v) is 2.52. The minimum atomic E-state index is -2.26. The van der Waals surface area contributed by atoms with Crippen molar-refractivity contribution in [3.8, 4) is 0 Å². The molecule has 0 rings (SSSR count). The van der Waals surface area contributed by atoms with Gasteiger partial charge in [0, 0.05) is 6.04 Å². The van der Waals surface area contributed by atoms with Crippen molar-refractivity contribution in [2.45, 2.75) is 13.0 Å². The monoisotopic (exact) mass is 123 g/mol. The van der Waals surface area contributed by atoms with Crippen LogP contribution in [0.3, 0.4) is 0 Å². The van der Waals surface area contributed by atoms with E-state index in [9.17, 15) is 8.42 Å². The van der Waals surface area contributed by atoms with Gasteiger partial charge in [-0.1, -0.05) is 0 Å². The van der Waals surface area contributed by atoms with Crippen LogP contribution in [0.1, 0.15) is 6.92 Å². The highest BCUT2D eigenvalue weighted by atomic mass is 32.2. The largest absolute Gasteiger partial charge is 0.327 e. The second-order valence-electron chi connectivity index (χ2n) is 1.49. The average molecular weight is 123 g/mol. The third kappa shape index (κ3) is 5.91. The van der Waals surface area contributed by atoms with Gasteiger partial charge in [-0.3, -0.25) is 0 Å². The lowest BCUT2D eigenvalue weighted by molar-refractivity contribution is 0.609. The van der Waals surface area contributed by atoms with Crippen molar-refractivity contribution in [3.05, 3.63) is 0 Å². The molecule has 0 amide bonds. The van der Waals surface area contributed by atoms with E-state index in [1.165, 1.54) is 0 Å². The Hall–Kier alpha value is -0.0900. The van der Waals surface area contributed by atoms with Crippen LogP contribution < -0.4 is 5.73 Å². The summed E-state index contributed by atoms with van der Waals surface area (Å²) in [6.45, 7) is 1.66. The summed E-state index contributed by atoms with van der Waals surface area (Å²) in [5.74, 6) is 0.0926. The minimum Gasteiger partial charge on any atom is -0.327 e. The first kappa shape index (κ1) is 6.91. The highest BCUT2D eigenvalue weighted by Crippen LogP contribution is 1.71. The molecule has 1 unspecified atom stereocenters. The quantitative estimate of drug-likeness (QED) is 0.460. The Morgan fingerprint density at radius 1 is 1.71 bits per heavy atom. The summed E-state index contributed by atoms with van der Waals surface area (Å²) in [5, 5.41) is 0. The Morgan fingerprint density at radius 2 is 2.14 bits per heavy atom. The maximum Gasteiger partial charge on any atom is 0.141 e. The molecule has 0 aromatic rings. The van der Waals surface area contributed by atoms with E-state index in [4.69, 9.17) is 5.73 Å². The van der Waals surface area contributed by atoms with Crippen LogP contribution >= 0.6 is 0 Å². The fourth-order valence-electron chi connectivity index (χ4n) is 0.235. The third-order valence-electron chi connectivity index (χ3n) is 0.437. The molecule has 0 spiro atoms. The Morgan fingerprint density at radius 3 is 2.14 bits per heavy atom. The van der Waals surface area contributed by atoms with Crippen molar-refractivity contribution < 1.29 is 8.42 Å². The normalized spacial score (nSPS) is 14.7. The Balaban J connectivity index is 3.32. The van der Waals surface area contributed by atoms with E-state index in [0.29, 0.717) is 0 Å². The lowest BCUT2D eigenvalue weighted by Gasteiger charge is -1.92. The van der Waals surface area contributed by atoms with Gasteiger partial charge in [0.15, 0.2) is 0 Å². The van der Waals surface area contributed by atoms with E-state index in [2.05, 4.69) is 0 Å². The maximum absolute atomic E-state index is 9.77. The molecule has 0 aliphatic heterocycles. The van der Waals surface area contributed by atoms with E-state index in [1.54, 1.807) is 6.92 Å². The fraction of sp³-hybridized carbons (Fsp3) is 1.00. The van der Waals surface area contributed by atoms with Crippen LogP contribution in [0.5, 0.6) is 0 Å². The van der Waals surface area contributed by atoms with Crippen molar-refractivity contribution in [2.24, 2.45) is 5.73 Å². The van der Waals surface area contributed by atoms with Crippen molar-refractivity contribution in [1.29, 1.82) is 0 Å². The average Bonchev–Trinajstić information content (AvgIpc) is 1.27. The zero-order valence-electron chi connectivity index (χ0n) is 4.13. The number of rotatable bonds is 2. The summed E-state index contributed by atoms with van der Waals surface area (Å²) in [7, 11) is -2.26. The molecule has 0 aromatic carbocycles. The molecule has 2 N–H and O–H groups in total. The topological polar surface area (TPSA) is 60.2 Å². The summed E-state index contributed by atoms with van der Waals surface area (Å²) in [6, 6.07) is -0.221. The summed E-state index contributed by atoms with van der Waals surface area (Å²) in [4.78, 5) is 0. The van der Waals surface area contributed by atoms with Crippen molar-refractivity contribution in [1.82, 2.24) is 0 Å². The first-order valence-electron chi connectivity index (χ1n) is 2.00. The van der Waals surface area contributed by atoms with Crippen LogP contribution in [-0.2, 0) is 10.7 Å². The molecule has 0 aliphatic carbocycles. The van der Waals surface area contributed by atoms with Gasteiger partial charge in [-0.05, 0) is 6.92 Å². The predicted molar refractivity (Wildman–Crippen MR) is 28.8 cm³/mol. The molecule has 1 atom stereocenters. The number of nitrogens with two attached hydrogens (primary N) is 1. The van der Waals surface area contributed by atoms with Crippen molar-refractivity contribution >= 4 is 10.7 Å². The molecule has 0 aliphatic rings. The number of hydrogen-bond donors (Lipinski definition) is 2. The van der Waals surface area contributed by atoms with Crippen LogP contribution in [0.4, 0.5) is 0 Å². The van der Waals surface area contributed by atoms with Crippen LogP contribution in [0.2, 0.25) is 0 Å². The minimum absolute atomic E-state index is 0.0926. The van der Waals surface area contributed by atoms with E-state index in [-0.39, 0.29) is 11.8 Å². The molecule has 0 aromatic heterocycles. The lowest BCUT2D eigenvalue weighted by Crippen LogP contribution is -2.20. The van der Waals surface area contributed by atoms with E-state index in [0.717, 1.165) is 0 Å². The molecule has 0 radical (unpaired) electrons. The van der Waals surface area contributed by atoms with E-state index >= 15 is 0 Å². The molecule has 7 heavy (non-hydrogen) atoms. The Labute approximate surface area is 44.5 Å². The van der Waals surface area contributed by atoms with Gasteiger partial charge in [-0.15, -0.1) is 0 Å². The summed E-state index contributed by atoms with van der Waals surface area (Å²) < 4.78 is 19.5. The second kappa shape index (κ2) is 2.98. The Kier molecular flexibility index (Phi) is 2.95. The van der Waals surface area contributed by atoms with Gasteiger partial charge in [-0.25, -0.2) is 8.42 Å². The molecule has 0 saturated heterocycles. The summed E-state index contributed by atoms with van der Waals surface area (Å²) in [6.07, 6.45) is 0. The first-order valence-corrected chi connectivity index (χ1v) is 3.36. The highest BCUT2D eigenvalue weighted by molar-refractivity contribution is 7.72. The SMILES string of the molecule is CC(N)C[SH](=O)=O. The molecule has 0 fully saturated rings. The van der Waals surface area contributed by atoms with Gasteiger partial charge >= 0.3 is 0 Å². The van der Waals surface area contributed by atoms with Crippen LogP contribution in [0.25, 0.3) is 0 Å². The molecular formula is C3H9NO2S. The summed E-state index contributed by atoms with van der Waals surface area (Å²) >= 11 is 0. The molecule has 0 heterocycles. The summed E-state index contributed by atoms with van der Waals surface area (Å²) in [5.41, 5.74) is 5.11. The van der Waals surface area contributed by atoms with Gasteiger partial charge in [0.1, 0.15) is 10.7 Å². The van der Waals surface area contributed by atoms with Crippen LogP contribution in [-0.4, -0.2) is 20.2 Å². The molecular weight excluding hydrogens is 114 g/mol. The highest BCUT2D eigenvalue weighted by Gasteiger charge is 1.91. The van der Waals surface area contributed by atoms with Gasteiger partial charge in [0.25, 0.3) is 0 Å². The molecule has 4 heteroatoms.